The maximum absolute atomic E-state index is 12.5. The van der Waals surface area contributed by atoms with Crippen LogP contribution in [0.5, 0.6) is 5.75 Å². The van der Waals surface area contributed by atoms with Crippen molar-refractivity contribution in [3.05, 3.63) is 77.4 Å². The van der Waals surface area contributed by atoms with Crippen molar-refractivity contribution in [3.8, 4) is 23.1 Å². The number of hydrogen-bond acceptors (Lipinski definition) is 6. The summed E-state index contributed by atoms with van der Waals surface area (Å²) in [4.78, 5) is 17.1. The van der Waals surface area contributed by atoms with Gasteiger partial charge in [0, 0.05) is 17.7 Å². The Morgan fingerprint density at radius 1 is 1.14 bits per heavy atom. The lowest BCUT2D eigenvalue weighted by molar-refractivity contribution is 0.0527. The number of methoxy groups -OCH3 is 1. The maximum atomic E-state index is 12.5. The zero-order valence-corrected chi connectivity index (χ0v) is 16.3. The van der Waals surface area contributed by atoms with Gasteiger partial charge in [-0.3, -0.25) is 0 Å². The second-order valence-electron chi connectivity index (χ2n) is 6.14. The summed E-state index contributed by atoms with van der Waals surface area (Å²) in [7, 11) is 1.61. The Morgan fingerprint density at radius 3 is 2.55 bits per heavy atom. The van der Waals surface area contributed by atoms with Crippen LogP contribution in [0.2, 0.25) is 0 Å². The van der Waals surface area contributed by atoms with Crippen molar-refractivity contribution in [3.63, 3.8) is 0 Å². The van der Waals surface area contributed by atoms with Crippen LogP contribution in [0.1, 0.15) is 28.4 Å². The van der Waals surface area contributed by atoms with Gasteiger partial charge < -0.3 is 14.8 Å². The number of benzene rings is 2. The van der Waals surface area contributed by atoms with E-state index in [2.05, 4.69) is 16.4 Å². The van der Waals surface area contributed by atoms with Gasteiger partial charge in [-0.2, -0.15) is 5.26 Å². The minimum atomic E-state index is -0.508. The number of nitriles is 1. The number of anilines is 1. The Labute approximate surface area is 169 Å². The summed E-state index contributed by atoms with van der Waals surface area (Å²) in [5.74, 6) is 0.627. The van der Waals surface area contributed by atoms with Crippen molar-refractivity contribution < 1.29 is 14.3 Å². The first-order chi connectivity index (χ1) is 14.2. The van der Waals surface area contributed by atoms with Gasteiger partial charge in [0.15, 0.2) is 0 Å². The predicted octanol–water partition coefficient (Wildman–Crippen LogP) is 4.42. The fraction of sp³-hybridized carbons (Fsp3) is 0.174. The fourth-order valence-corrected chi connectivity index (χ4v) is 2.94. The number of hydrogen-bond donors (Lipinski definition) is 1. The van der Waals surface area contributed by atoms with E-state index in [1.165, 1.54) is 6.07 Å². The van der Waals surface area contributed by atoms with Gasteiger partial charge in [0.05, 0.1) is 30.5 Å². The normalized spacial score (nSPS) is 10.1. The van der Waals surface area contributed by atoms with Crippen molar-refractivity contribution in [2.45, 2.75) is 13.5 Å². The topological polar surface area (TPSA) is 84.2 Å². The van der Waals surface area contributed by atoms with E-state index in [4.69, 9.17) is 9.47 Å². The largest absolute Gasteiger partial charge is 0.496 e. The van der Waals surface area contributed by atoms with Gasteiger partial charge >= 0.3 is 5.97 Å². The SMILES string of the molecule is CCOC(=O)c1cc(C#N)c(NCc2ccccc2OC)nc1-c1ccccc1. The molecule has 3 aromatic rings. The molecule has 3 rings (SSSR count). The Balaban J connectivity index is 2.03. The van der Waals surface area contributed by atoms with E-state index >= 15 is 0 Å². The number of aromatic nitrogens is 1. The molecule has 0 saturated heterocycles. The molecule has 0 atom stereocenters. The van der Waals surface area contributed by atoms with Gasteiger partial charge in [-0.1, -0.05) is 48.5 Å². The van der Waals surface area contributed by atoms with Gasteiger partial charge in [0.2, 0.25) is 0 Å². The highest BCUT2D eigenvalue weighted by molar-refractivity contribution is 5.97. The van der Waals surface area contributed by atoms with E-state index < -0.39 is 5.97 Å². The van der Waals surface area contributed by atoms with Gasteiger partial charge in [0.1, 0.15) is 17.6 Å². The zero-order chi connectivity index (χ0) is 20.6. The number of para-hydroxylation sites is 1. The third kappa shape index (κ3) is 4.53. The van der Waals surface area contributed by atoms with Crippen LogP contribution in [0.25, 0.3) is 11.3 Å². The molecule has 0 spiro atoms. The molecule has 1 aromatic heterocycles. The minimum Gasteiger partial charge on any atom is -0.496 e. The molecule has 0 aliphatic rings. The van der Waals surface area contributed by atoms with Crippen LogP contribution in [0, 0.1) is 11.3 Å². The molecule has 0 amide bonds. The van der Waals surface area contributed by atoms with Crippen molar-refractivity contribution in [1.29, 1.82) is 5.26 Å². The summed E-state index contributed by atoms with van der Waals surface area (Å²) >= 11 is 0. The number of pyridine rings is 1. The van der Waals surface area contributed by atoms with E-state index in [1.54, 1.807) is 14.0 Å². The minimum absolute atomic E-state index is 0.239. The quantitative estimate of drug-likeness (QED) is 0.604. The molecule has 1 N–H and O–H groups in total. The van der Waals surface area contributed by atoms with Crippen LogP contribution >= 0.6 is 0 Å². The van der Waals surface area contributed by atoms with Crippen LogP contribution in [-0.4, -0.2) is 24.7 Å². The van der Waals surface area contributed by atoms with Crippen molar-refractivity contribution in [1.82, 2.24) is 4.98 Å². The van der Waals surface area contributed by atoms with Crippen LogP contribution in [0.15, 0.2) is 60.7 Å². The van der Waals surface area contributed by atoms with Crippen molar-refractivity contribution in [2.75, 3.05) is 19.0 Å². The lowest BCUT2D eigenvalue weighted by Crippen LogP contribution is -2.11. The Morgan fingerprint density at radius 2 is 1.86 bits per heavy atom. The molecule has 6 heteroatoms. The first-order valence-corrected chi connectivity index (χ1v) is 9.21. The van der Waals surface area contributed by atoms with Crippen LogP contribution in [0.4, 0.5) is 5.82 Å². The summed E-state index contributed by atoms with van der Waals surface area (Å²) in [6, 6.07) is 20.6. The number of nitrogens with one attached hydrogen (secondary N) is 1. The molecule has 29 heavy (non-hydrogen) atoms. The highest BCUT2D eigenvalue weighted by Gasteiger charge is 2.20. The Kier molecular flexibility index (Phi) is 6.43. The Bertz CT molecular complexity index is 1040. The molecule has 6 nitrogen and oxygen atoms in total. The number of nitrogens with zero attached hydrogens (tertiary/aromatic N) is 2. The van der Waals surface area contributed by atoms with E-state index in [-0.39, 0.29) is 17.7 Å². The van der Waals surface area contributed by atoms with Gasteiger partial charge in [-0.25, -0.2) is 9.78 Å². The van der Waals surface area contributed by atoms with Crippen LogP contribution < -0.4 is 10.1 Å². The summed E-state index contributed by atoms with van der Waals surface area (Å²) in [6.07, 6.45) is 0. The van der Waals surface area contributed by atoms with E-state index in [0.29, 0.717) is 18.1 Å². The molecule has 1 heterocycles. The van der Waals surface area contributed by atoms with Crippen LogP contribution in [0.3, 0.4) is 0 Å². The molecule has 0 aliphatic heterocycles. The molecule has 0 aliphatic carbocycles. The van der Waals surface area contributed by atoms with Crippen molar-refractivity contribution in [2.24, 2.45) is 0 Å². The van der Waals surface area contributed by atoms with Gasteiger partial charge in [0.25, 0.3) is 0 Å². The summed E-state index contributed by atoms with van der Waals surface area (Å²) in [5, 5.41) is 12.8. The lowest BCUT2D eigenvalue weighted by Gasteiger charge is -2.14. The fourth-order valence-electron chi connectivity index (χ4n) is 2.94. The number of rotatable bonds is 7. The average Bonchev–Trinajstić information content (AvgIpc) is 2.78. The van der Waals surface area contributed by atoms with E-state index in [0.717, 1.165) is 16.9 Å². The summed E-state index contributed by atoms with van der Waals surface area (Å²) in [5.41, 5.74) is 2.68. The third-order valence-corrected chi connectivity index (χ3v) is 4.32. The number of ether oxygens (including phenoxy) is 2. The number of carbonyl (C=O) groups excluding carboxylic acids is 1. The molecule has 0 unspecified atom stereocenters. The smallest absolute Gasteiger partial charge is 0.340 e. The first-order valence-electron chi connectivity index (χ1n) is 9.21. The second-order valence-corrected chi connectivity index (χ2v) is 6.14. The molecule has 0 bridgehead atoms. The molecule has 0 saturated carbocycles. The standard InChI is InChI=1S/C23H21N3O3/c1-3-29-23(27)19-13-18(14-24)22(26-21(19)16-9-5-4-6-10-16)25-15-17-11-7-8-12-20(17)28-2/h4-13H,3,15H2,1-2H3,(H,25,26). The average molecular weight is 387 g/mol. The molecular weight excluding hydrogens is 366 g/mol. The Hall–Kier alpha value is -3.85. The molecule has 2 aromatic carbocycles. The van der Waals surface area contributed by atoms with Crippen molar-refractivity contribution >= 4 is 11.8 Å². The van der Waals surface area contributed by atoms with E-state index in [1.807, 2.05) is 54.6 Å². The summed E-state index contributed by atoms with van der Waals surface area (Å²) < 4.78 is 10.5. The monoisotopic (exact) mass is 387 g/mol. The highest BCUT2D eigenvalue weighted by atomic mass is 16.5. The molecular formula is C23H21N3O3. The van der Waals surface area contributed by atoms with Gasteiger partial charge in [-0.05, 0) is 19.1 Å². The summed E-state index contributed by atoms with van der Waals surface area (Å²) in [6.45, 7) is 2.39. The third-order valence-electron chi connectivity index (χ3n) is 4.32. The maximum Gasteiger partial charge on any atom is 0.340 e. The predicted molar refractivity (Wildman–Crippen MR) is 111 cm³/mol. The van der Waals surface area contributed by atoms with Gasteiger partial charge in [-0.15, -0.1) is 0 Å². The lowest BCUT2D eigenvalue weighted by atomic mass is 10.0. The molecule has 0 radical (unpaired) electrons. The number of esters is 1. The second kappa shape index (κ2) is 9.38. The molecule has 0 fully saturated rings. The first kappa shape index (κ1) is 19.9. The highest BCUT2D eigenvalue weighted by Crippen LogP contribution is 2.28. The van der Waals surface area contributed by atoms with Crippen LogP contribution in [-0.2, 0) is 11.3 Å². The zero-order valence-electron chi connectivity index (χ0n) is 16.3. The van der Waals surface area contributed by atoms with E-state index in [9.17, 15) is 10.1 Å². The molecule has 146 valence electrons. The number of carbonyl (C=O) groups is 1.